The van der Waals surface area contributed by atoms with E-state index >= 15 is 0 Å². The second kappa shape index (κ2) is 7.63. The lowest BCUT2D eigenvalue weighted by Crippen LogP contribution is -2.39. The van der Waals surface area contributed by atoms with E-state index in [9.17, 15) is 8.42 Å². The summed E-state index contributed by atoms with van der Waals surface area (Å²) in [5, 5.41) is 3.49. The fourth-order valence-corrected chi connectivity index (χ4v) is 5.33. The zero-order valence-corrected chi connectivity index (χ0v) is 14.3. The van der Waals surface area contributed by atoms with E-state index in [4.69, 9.17) is 0 Å². The Labute approximate surface area is 132 Å². The first-order valence-corrected chi connectivity index (χ1v) is 10.2. The quantitative estimate of drug-likeness (QED) is 0.805. The van der Waals surface area contributed by atoms with E-state index in [2.05, 4.69) is 16.3 Å². The molecule has 1 fully saturated rings. The lowest BCUT2D eigenvalue weighted by Gasteiger charge is -2.19. The first kappa shape index (κ1) is 16.8. The molecule has 0 radical (unpaired) electrons. The van der Waals surface area contributed by atoms with E-state index < -0.39 is 10.0 Å². The SMILES string of the molecule is CNCc1cccc(CS(=O)(=O)NC2CCCC2SC)c1. The van der Waals surface area contributed by atoms with Crippen LogP contribution < -0.4 is 10.0 Å². The van der Waals surface area contributed by atoms with Crippen molar-refractivity contribution >= 4 is 21.8 Å². The Morgan fingerprint density at radius 3 is 2.76 bits per heavy atom. The lowest BCUT2D eigenvalue weighted by atomic mass is 10.1. The molecule has 0 heterocycles. The largest absolute Gasteiger partial charge is 0.316 e. The maximum atomic E-state index is 12.4. The Hall–Kier alpha value is -0.560. The minimum atomic E-state index is -3.28. The normalized spacial score (nSPS) is 22.6. The smallest absolute Gasteiger partial charge is 0.216 e. The Morgan fingerprint density at radius 2 is 2.05 bits per heavy atom. The molecule has 0 amide bonds. The minimum absolute atomic E-state index is 0.0577. The summed E-state index contributed by atoms with van der Waals surface area (Å²) in [4.78, 5) is 0. The van der Waals surface area contributed by atoms with Crippen LogP contribution in [0.15, 0.2) is 24.3 Å². The minimum Gasteiger partial charge on any atom is -0.316 e. The van der Waals surface area contributed by atoms with Crippen molar-refractivity contribution < 1.29 is 8.42 Å². The van der Waals surface area contributed by atoms with Gasteiger partial charge in [-0.2, -0.15) is 11.8 Å². The molecule has 6 heteroatoms. The molecular weight excluding hydrogens is 304 g/mol. The molecule has 2 N–H and O–H groups in total. The van der Waals surface area contributed by atoms with Gasteiger partial charge in [-0.05, 0) is 37.3 Å². The Morgan fingerprint density at radius 1 is 1.29 bits per heavy atom. The van der Waals surface area contributed by atoms with Crippen LogP contribution in [0.1, 0.15) is 30.4 Å². The van der Waals surface area contributed by atoms with Crippen molar-refractivity contribution in [1.82, 2.24) is 10.0 Å². The second-order valence-corrected chi connectivity index (χ2v) is 8.37. The molecule has 1 aliphatic rings. The standard InChI is InChI=1S/C15H24N2O2S2/c1-16-10-12-5-3-6-13(9-12)11-21(18,19)17-14-7-4-8-15(14)20-2/h3,5-6,9,14-17H,4,7-8,10-11H2,1-2H3. The highest BCUT2D eigenvalue weighted by Crippen LogP contribution is 2.29. The maximum Gasteiger partial charge on any atom is 0.216 e. The molecule has 118 valence electrons. The van der Waals surface area contributed by atoms with Crippen molar-refractivity contribution in [1.29, 1.82) is 0 Å². The zero-order chi connectivity index (χ0) is 15.3. The molecular formula is C15H24N2O2S2. The van der Waals surface area contributed by atoms with E-state index in [0.29, 0.717) is 5.25 Å². The number of hydrogen-bond donors (Lipinski definition) is 2. The number of thioether (sulfide) groups is 1. The van der Waals surface area contributed by atoms with Gasteiger partial charge >= 0.3 is 0 Å². The van der Waals surface area contributed by atoms with Crippen molar-refractivity contribution in [3.63, 3.8) is 0 Å². The van der Waals surface area contributed by atoms with Crippen LogP contribution in [0.3, 0.4) is 0 Å². The molecule has 2 unspecified atom stereocenters. The van der Waals surface area contributed by atoms with Crippen LogP contribution >= 0.6 is 11.8 Å². The number of sulfonamides is 1. The molecule has 1 aromatic rings. The average Bonchev–Trinajstić information content (AvgIpc) is 2.85. The van der Waals surface area contributed by atoms with E-state index in [1.54, 1.807) is 11.8 Å². The maximum absolute atomic E-state index is 12.4. The molecule has 4 nitrogen and oxygen atoms in total. The highest BCUT2D eigenvalue weighted by Gasteiger charge is 2.29. The molecule has 0 aliphatic heterocycles. The van der Waals surface area contributed by atoms with Crippen molar-refractivity contribution in [2.24, 2.45) is 0 Å². The van der Waals surface area contributed by atoms with E-state index in [0.717, 1.165) is 36.9 Å². The van der Waals surface area contributed by atoms with Crippen LogP contribution in [0.25, 0.3) is 0 Å². The van der Waals surface area contributed by atoms with Crippen LogP contribution in [-0.2, 0) is 22.3 Å². The molecule has 21 heavy (non-hydrogen) atoms. The van der Waals surface area contributed by atoms with Gasteiger partial charge in [-0.3, -0.25) is 0 Å². The summed E-state index contributed by atoms with van der Waals surface area (Å²) in [7, 11) is -1.39. The summed E-state index contributed by atoms with van der Waals surface area (Å²) in [6.45, 7) is 0.749. The summed E-state index contributed by atoms with van der Waals surface area (Å²) >= 11 is 1.76. The molecule has 1 saturated carbocycles. The third-order valence-electron chi connectivity index (χ3n) is 3.82. The predicted octanol–water partition coefficient (Wildman–Crippen LogP) is 2.11. The van der Waals surface area contributed by atoms with Crippen LogP contribution in [0.5, 0.6) is 0 Å². The summed E-state index contributed by atoms with van der Waals surface area (Å²) in [6.07, 6.45) is 5.21. The van der Waals surface area contributed by atoms with Gasteiger partial charge in [0.05, 0.1) is 5.75 Å². The third kappa shape index (κ3) is 4.98. The van der Waals surface area contributed by atoms with Crippen molar-refractivity contribution in [3.8, 4) is 0 Å². The van der Waals surface area contributed by atoms with Crippen molar-refractivity contribution in [2.45, 2.75) is 42.9 Å². The Balaban J connectivity index is 2.02. The van der Waals surface area contributed by atoms with Gasteiger partial charge in [0.1, 0.15) is 0 Å². The first-order chi connectivity index (χ1) is 10.0. The second-order valence-electron chi connectivity index (χ2n) is 5.54. The van der Waals surface area contributed by atoms with E-state index in [1.807, 2.05) is 31.3 Å². The third-order valence-corrected chi connectivity index (χ3v) is 6.36. The van der Waals surface area contributed by atoms with Crippen molar-refractivity contribution in [3.05, 3.63) is 35.4 Å². The summed E-state index contributed by atoms with van der Waals surface area (Å²) in [5.41, 5.74) is 1.95. The molecule has 0 spiro atoms. The fraction of sp³-hybridized carbons (Fsp3) is 0.600. The van der Waals surface area contributed by atoms with Crippen LogP contribution in [0.4, 0.5) is 0 Å². The van der Waals surface area contributed by atoms with Crippen LogP contribution in [0.2, 0.25) is 0 Å². The number of hydrogen-bond acceptors (Lipinski definition) is 4. The van der Waals surface area contributed by atoms with Gasteiger partial charge in [-0.15, -0.1) is 0 Å². The number of rotatable bonds is 7. The van der Waals surface area contributed by atoms with Gasteiger partial charge in [-0.25, -0.2) is 13.1 Å². The zero-order valence-electron chi connectivity index (χ0n) is 12.6. The van der Waals surface area contributed by atoms with Gasteiger partial charge in [0.2, 0.25) is 10.0 Å². The monoisotopic (exact) mass is 328 g/mol. The molecule has 0 bridgehead atoms. The van der Waals surface area contributed by atoms with Gasteiger partial charge in [-0.1, -0.05) is 30.7 Å². The summed E-state index contributed by atoms with van der Waals surface area (Å²) in [5.74, 6) is 0.0577. The summed E-state index contributed by atoms with van der Waals surface area (Å²) < 4.78 is 27.6. The molecule has 1 aliphatic carbocycles. The van der Waals surface area contributed by atoms with E-state index in [-0.39, 0.29) is 11.8 Å². The molecule has 2 atom stereocenters. The predicted molar refractivity (Wildman–Crippen MR) is 89.9 cm³/mol. The van der Waals surface area contributed by atoms with Gasteiger partial charge in [0.15, 0.2) is 0 Å². The van der Waals surface area contributed by atoms with Gasteiger partial charge in [0.25, 0.3) is 0 Å². The lowest BCUT2D eigenvalue weighted by molar-refractivity contribution is 0.554. The van der Waals surface area contributed by atoms with Crippen LogP contribution in [0, 0.1) is 0 Å². The summed E-state index contributed by atoms with van der Waals surface area (Å²) in [6, 6.07) is 7.83. The van der Waals surface area contributed by atoms with Gasteiger partial charge < -0.3 is 5.32 Å². The number of nitrogens with one attached hydrogen (secondary N) is 2. The molecule has 1 aromatic carbocycles. The average molecular weight is 329 g/mol. The highest BCUT2D eigenvalue weighted by molar-refractivity contribution is 7.99. The van der Waals surface area contributed by atoms with Crippen molar-refractivity contribution in [2.75, 3.05) is 13.3 Å². The Kier molecular flexibility index (Phi) is 6.10. The molecule has 0 aromatic heterocycles. The highest BCUT2D eigenvalue weighted by atomic mass is 32.2. The van der Waals surface area contributed by atoms with E-state index in [1.165, 1.54) is 0 Å². The topological polar surface area (TPSA) is 58.2 Å². The number of benzene rings is 1. The van der Waals surface area contributed by atoms with Crippen LogP contribution in [-0.4, -0.2) is 33.0 Å². The first-order valence-electron chi connectivity index (χ1n) is 7.29. The molecule has 2 rings (SSSR count). The Bertz CT molecular complexity index is 561. The van der Waals surface area contributed by atoms with Gasteiger partial charge in [0, 0.05) is 17.8 Å². The fourth-order valence-electron chi connectivity index (χ4n) is 2.87. The molecule has 0 saturated heterocycles.